The Hall–Kier alpha value is -1.22. The van der Waals surface area contributed by atoms with E-state index in [0.29, 0.717) is 18.5 Å². The lowest BCUT2D eigenvalue weighted by Crippen LogP contribution is -2.49. The third-order valence-corrected chi connectivity index (χ3v) is 6.32. The number of halogens is 2. The lowest BCUT2D eigenvalue weighted by Gasteiger charge is -2.35. The summed E-state index contributed by atoms with van der Waals surface area (Å²) in [5.41, 5.74) is 5.72. The second-order valence-electron chi connectivity index (χ2n) is 6.02. The van der Waals surface area contributed by atoms with Gasteiger partial charge >= 0.3 is 0 Å². The quantitative estimate of drug-likeness (QED) is 0.767. The molecule has 1 amide bonds. The predicted molar refractivity (Wildman–Crippen MR) is 96.6 cm³/mol. The Kier molecular flexibility index (Phi) is 8.27. The molecule has 0 saturated carbocycles. The predicted octanol–water partition coefficient (Wildman–Crippen LogP) is 1.56. The molecule has 1 aliphatic rings. The van der Waals surface area contributed by atoms with E-state index in [2.05, 4.69) is 5.32 Å². The minimum atomic E-state index is -3.73. The summed E-state index contributed by atoms with van der Waals surface area (Å²) >= 11 is 0. The Morgan fingerprint density at radius 3 is 2.76 bits per heavy atom. The highest BCUT2D eigenvalue weighted by Crippen LogP contribution is 2.27. The average molecular weight is 394 g/mol. The summed E-state index contributed by atoms with van der Waals surface area (Å²) in [6.07, 6.45) is 2.58. The molecular weight excluding hydrogens is 369 g/mol. The third-order valence-electron chi connectivity index (χ3n) is 4.20. The second-order valence-corrected chi connectivity index (χ2v) is 7.88. The number of piperidine rings is 1. The number of hydrogen-bond acceptors (Lipinski definition) is 4. The van der Waals surface area contributed by atoms with Crippen LogP contribution in [-0.2, 0) is 14.8 Å². The molecule has 1 atom stereocenters. The fourth-order valence-electron chi connectivity index (χ4n) is 2.97. The van der Waals surface area contributed by atoms with Crippen LogP contribution in [0.5, 0.6) is 0 Å². The number of sulfonamides is 1. The van der Waals surface area contributed by atoms with Crippen molar-refractivity contribution < 1.29 is 17.6 Å². The molecule has 0 radical (unpaired) electrons. The molecule has 25 heavy (non-hydrogen) atoms. The van der Waals surface area contributed by atoms with Gasteiger partial charge in [0.2, 0.25) is 15.9 Å². The van der Waals surface area contributed by atoms with Crippen molar-refractivity contribution in [3.63, 3.8) is 0 Å². The lowest BCUT2D eigenvalue weighted by atomic mass is 10.1. The van der Waals surface area contributed by atoms with Crippen LogP contribution in [-0.4, -0.2) is 44.3 Å². The molecule has 1 aromatic rings. The van der Waals surface area contributed by atoms with Crippen LogP contribution in [0, 0.1) is 12.7 Å². The zero-order chi connectivity index (χ0) is 17.7. The summed E-state index contributed by atoms with van der Waals surface area (Å²) in [4.78, 5) is 11.7. The number of nitrogens with zero attached hydrogens (tertiary/aromatic N) is 1. The van der Waals surface area contributed by atoms with Gasteiger partial charge in [-0.05, 0) is 43.5 Å². The van der Waals surface area contributed by atoms with Gasteiger partial charge in [-0.25, -0.2) is 12.8 Å². The van der Waals surface area contributed by atoms with E-state index in [9.17, 15) is 17.6 Å². The number of nitrogens with two attached hydrogens (primary N) is 1. The summed E-state index contributed by atoms with van der Waals surface area (Å²) in [5, 5.41) is 2.75. The van der Waals surface area contributed by atoms with E-state index in [1.807, 2.05) is 0 Å². The van der Waals surface area contributed by atoms with Gasteiger partial charge in [-0.3, -0.25) is 4.79 Å². The van der Waals surface area contributed by atoms with E-state index < -0.39 is 15.8 Å². The van der Waals surface area contributed by atoms with Crippen LogP contribution in [0.15, 0.2) is 23.1 Å². The molecule has 6 nitrogen and oxygen atoms in total. The summed E-state index contributed by atoms with van der Waals surface area (Å²) in [5.74, 6) is -0.644. The summed E-state index contributed by atoms with van der Waals surface area (Å²) in [7, 11) is -3.73. The molecule has 1 unspecified atom stereocenters. The molecule has 1 aromatic carbocycles. The summed E-state index contributed by atoms with van der Waals surface area (Å²) in [6, 6.07) is 3.38. The van der Waals surface area contributed by atoms with Gasteiger partial charge in [0, 0.05) is 32.1 Å². The van der Waals surface area contributed by atoms with Crippen LogP contribution in [0.25, 0.3) is 0 Å². The van der Waals surface area contributed by atoms with E-state index >= 15 is 0 Å². The standard InChI is InChI=1S/C16H24FN3O3S.ClH/c1-12-10-13(17)5-6-15(12)24(22,23)20-9-3-2-4-14(20)11-19-16(21)7-8-18;/h5-6,10,14H,2-4,7-9,11,18H2,1H3,(H,19,21);1H. The smallest absolute Gasteiger partial charge is 0.243 e. The van der Waals surface area contributed by atoms with Crippen LogP contribution < -0.4 is 11.1 Å². The van der Waals surface area contributed by atoms with Crippen molar-refractivity contribution in [2.75, 3.05) is 19.6 Å². The topological polar surface area (TPSA) is 92.5 Å². The van der Waals surface area contributed by atoms with Crippen molar-refractivity contribution in [2.45, 2.75) is 43.5 Å². The first-order valence-corrected chi connectivity index (χ1v) is 9.55. The van der Waals surface area contributed by atoms with E-state index in [-0.39, 0.29) is 48.8 Å². The van der Waals surface area contributed by atoms with Gasteiger partial charge in [0.15, 0.2) is 0 Å². The van der Waals surface area contributed by atoms with Crippen molar-refractivity contribution >= 4 is 28.3 Å². The summed E-state index contributed by atoms with van der Waals surface area (Å²) in [6.45, 7) is 2.50. The number of carbonyl (C=O) groups excluding carboxylic acids is 1. The molecule has 0 spiro atoms. The molecule has 0 aromatic heterocycles. The Morgan fingerprint density at radius 1 is 1.40 bits per heavy atom. The van der Waals surface area contributed by atoms with Crippen molar-refractivity contribution in [1.29, 1.82) is 0 Å². The summed E-state index contributed by atoms with van der Waals surface area (Å²) < 4.78 is 40.6. The lowest BCUT2D eigenvalue weighted by molar-refractivity contribution is -0.121. The molecule has 3 N–H and O–H groups in total. The van der Waals surface area contributed by atoms with Crippen molar-refractivity contribution in [3.8, 4) is 0 Å². The van der Waals surface area contributed by atoms with Crippen LogP contribution in [0.4, 0.5) is 4.39 Å². The zero-order valence-corrected chi connectivity index (χ0v) is 15.8. The van der Waals surface area contributed by atoms with Crippen molar-refractivity contribution in [2.24, 2.45) is 5.73 Å². The highest BCUT2D eigenvalue weighted by Gasteiger charge is 2.34. The van der Waals surface area contributed by atoms with Gasteiger partial charge in [0.25, 0.3) is 0 Å². The van der Waals surface area contributed by atoms with Crippen LogP contribution in [0.1, 0.15) is 31.2 Å². The monoisotopic (exact) mass is 393 g/mol. The number of hydrogen-bond donors (Lipinski definition) is 2. The Balaban J connectivity index is 0.00000312. The van der Waals surface area contributed by atoms with Crippen LogP contribution >= 0.6 is 12.4 Å². The van der Waals surface area contributed by atoms with Crippen molar-refractivity contribution in [1.82, 2.24) is 9.62 Å². The van der Waals surface area contributed by atoms with Crippen molar-refractivity contribution in [3.05, 3.63) is 29.6 Å². The molecule has 1 fully saturated rings. The molecule has 1 saturated heterocycles. The van der Waals surface area contributed by atoms with Gasteiger partial charge in [0.1, 0.15) is 5.82 Å². The fraction of sp³-hybridized carbons (Fsp3) is 0.562. The first kappa shape index (κ1) is 21.8. The highest BCUT2D eigenvalue weighted by molar-refractivity contribution is 7.89. The number of rotatable bonds is 6. The second kappa shape index (κ2) is 9.47. The van der Waals surface area contributed by atoms with Gasteiger partial charge in [0.05, 0.1) is 4.90 Å². The Morgan fingerprint density at radius 2 is 2.12 bits per heavy atom. The number of aryl methyl sites for hydroxylation is 1. The first-order valence-electron chi connectivity index (χ1n) is 8.11. The number of benzene rings is 1. The fourth-order valence-corrected chi connectivity index (χ4v) is 4.87. The number of carbonyl (C=O) groups is 1. The minimum absolute atomic E-state index is 0. The van der Waals surface area contributed by atoms with Gasteiger partial charge in [-0.2, -0.15) is 4.31 Å². The maximum absolute atomic E-state index is 13.3. The maximum atomic E-state index is 13.3. The average Bonchev–Trinajstić information content (AvgIpc) is 2.53. The largest absolute Gasteiger partial charge is 0.354 e. The van der Waals surface area contributed by atoms with E-state index in [1.165, 1.54) is 16.4 Å². The number of nitrogens with one attached hydrogen (secondary N) is 1. The molecule has 1 heterocycles. The van der Waals surface area contributed by atoms with E-state index in [0.717, 1.165) is 18.9 Å². The Labute approximate surface area is 154 Å². The van der Waals surface area contributed by atoms with Gasteiger partial charge in [-0.15, -0.1) is 12.4 Å². The van der Waals surface area contributed by atoms with Gasteiger partial charge < -0.3 is 11.1 Å². The molecule has 9 heteroatoms. The molecule has 2 rings (SSSR count). The molecular formula is C16H25ClFN3O3S. The van der Waals surface area contributed by atoms with E-state index in [1.54, 1.807) is 6.92 Å². The minimum Gasteiger partial charge on any atom is -0.354 e. The SMILES string of the molecule is Cc1cc(F)ccc1S(=O)(=O)N1CCCCC1CNC(=O)CCN.Cl. The molecule has 0 aliphatic carbocycles. The van der Waals surface area contributed by atoms with E-state index in [4.69, 9.17) is 5.73 Å². The van der Waals surface area contributed by atoms with Crippen LogP contribution in [0.2, 0.25) is 0 Å². The number of amides is 1. The van der Waals surface area contributed by atoms with Gasteiger partial charge in [-0.1, -0.05) is 6.42 Å². The zero-order valence-electron chi connectivity index (χ0n) is 14.2. The maximum Gasteiger partial charge on any atom is 0.243 e. The first-order chi connectivity index (χ1) is 11.4. The molecule has 0 bridgehead atoms. The third kappa shape index (κ3) is 5.37. The Bertz CT molecular complexity index is 700. The molecule has 1 aliphatic heterocycles. The normalized spacial score (nSPS) is 18.4. The van der Waals surface area contributed by atoms with Crippen LogP contribution in [0.3, 0.4) is 0 Å². The highest BCUT2D eigenvalue weighted by atomic mass is 35.5. The molecule has 142 valence electrons.